The zero-order valence-corrected chi connectivity index (χ0v) is 18.6. The molecule has 8 unspecified atom stereocenters. The first-order valence-electron chi connectivity index (χ1n) is 9.36. The van der Waals surface area contributed by atoms with E-state index < -0.39 is 64.9 Å². The van der Waals surface area contributed by atoms with Crippen molar-refractivity contribution in [3.05, 3.63) is 24.6 Å². The maximum atomic E-state index is 12.1. The normalized spacial score (nSPS) is 32.8. The lowest BCUT2D eigenvalue weighted by Gasteiger charge is -2.22. The predicted octanol–water partition coefficient (Wildman–Crippen LogP) is -2.03. The lowest BCUT2D eigenvalue weighted by atomic mass is 10.1. The second-order valence-corrected chi connectivity index (χ2v) is 10.1. The number of hydrogen-bond donors (Lipinski definition) is 8. The predicted molar refractivity (Wildman–Crippen MR) is 107 cm³/mol. The van der Waals surface area contributed by atoms with Crippen LogP contribution in [0.1, 0.15) is 6.23 Å². The fourth-order valence-electron chi connectivity index (χ4n) is 3.22. The van der Waals surface area contributed by atoms with Crippen LogP contribution in [0.5, 0.6) is 0 Å². The molecule has 0 bridgehead atoms. The molecule has 2 aromatic heterocycles. The number of aromatic nitrogens is 4. The summed E-state index contributed by atoms with van der Waals surface area (Å²) < 4.78 is 44.1. The first-order valence-corrected chi connectivity index (χ1v) is 12.4. The summed E-state index contributed by atoms with van der Waals surface area (Å²) in [6, 6.07) is 0. The summed E-state index contributed by atoms with van der Waals surface area (Å²) in [7, 11) is -10.6. The number of nitrogens with one attached hydrogen (secondary N) is 1. The Morgan fingerprint density at radius 2 is 1.88 bits per heavy atom. The minimum Gasteiger partial charge on any atom is -0.508 e. The van der Waals surface area contributed by atoms with Gasteiger partial charge in [-0.2, -0.15) is 4.31 Å². The Morgan fingerprint density at radius 1 is 1.15 bits per heavy atom. The highest BCUT2D eigenvalue weighted by Gasteiger charge is 2.47. The summed E-state index contributed by atoms with van der Waals surface area (Å²) in [6.45, 7) is -0.862. The minimum absolute atomic E-state index is 0.0667. The van der Waals surface area contributed by atoms with E-state index in [1.807, 2.05) is 0 Å². The fourth-order valence-corrected chi connectivity index (χ4v) is 5.41. The third-order valence-corrected chi connectivity index (χ3v) is 7.46. The number of aliphatic hydroxyl groups excluding tert-OH is 4. The molecule has 34 heavy (non-hydrogen) atoms. The average molecular weight is 526 g/mol. The van der Waals surface area contributed by atoms with E-state index in [-0.39, 0.29) is 17.0 Å². The SMILES string of the molecule is Nc1ncnc2c1ncn2C1OC(COP(=O)(O)OP(=O)(O)OC2NC=C(O)C2O)C(O)C1O. The van der Waals surface area contributed by atoms with Gasteiger partial charge in [0.2, 0.25) is 0 Å². The molecule has 18 nitrogen and oxygen atoms in total. The van der Waals surface area contributed by atoms with Crippen molar-refractivity contribution < 1.29 is 57.4 Å². The molecule has 0 aromatic carbocycles. The largest absolute Gasteiger partial charge is 0.508 e. The van der Waals surface area contributed by atoms with E-state index in [0.29, 0.717) is 0 Å². The number of phosphoric ester groups is 2. The van der Waals surface area contributed by atoms with Gasteiger partial charge in [0.1, 0.15) is 35.9 Å². The van der Waals surface area contributed by atoms with Crippen LogP contribution in [0.4, 0.5) is 5.82 Å². The molecule has 0 amide bonds. The molecule has 0 radical (unpaired) electrons. The molecule has 0 saturated carbocycles. The van der Waals surface area contributed by atoms with Crippen molar-refractivity contribution in [3.63, 3.8) is 0 Å². The standard InChI is InChI=1S/C14H20N6O12P2/c15-11-7-12(18-3-17-11)20(4-19-7)14-10(24)9(23)6(30-14)2-29-33(25,26)32-34(27,28)31-13-8(22)5(21)1-16-13/h1,3-4,6,8-10,13-14,16,21-24H,2H2,(H,25,26)(H,27,28)(H2,15,17,18). The van der Waals surface area contributed by atoms with Crippen LogP contribution >= 0.6 is 15.6 Å². The number of nitrogens with two attached hydrogens (primary N) is 1. The molecule has 9 N–H and O–H groups in total. The number of nitrogens with zero attached hydrogens (tertiary/aromatic N) is 4. The van der Waals surface area contributed by atoms with Crippen molar-refractivity contribution in [3.8, 4) is 0 Å². The maximum absolute atomic E-state index is 12.1. The number of imidazole rings is 1. The highest BCUT2D eigenvalue weighted by atomic mass is 31.3. The molecule has 1 fully saturated rings. The van der Waals surface area contributed by atoms with Crippen molar-refractivity contribution in [2.24, 2.45) is 0 Å². The lowest BCUT2D eigenvalue weighted by Crippen LogP contribution is -2.34. The molecule has 2 aliphatic rings. The van der Waals surface area contributed by atoms with Crippen LogP contribution in [0, 0.1) is 0 Å². The lowest BCUT2D eigenvalue weighted by molar-refractivity contribution is -0.0507. The number of aliphatic hydroxyl groups is 4. The van der Waals surface area contributed by atoms with Crippen molar-refractivity contribution in [2.75, 3.05) is 12.3 Å². The van der Waals surface area contributed by atoms with Crippen molar-refractivity contribution in [2.45, 2.75) is 36.9 Å². The number of fused-ring (bicyclic) bond motifs is 1. The molecule has 2 aliphatic heterocycles. The number of ether oxygens (including phenoxy) is 1. The number of nitrogen functional groups attached to an aromatic ring is 1. The second-order valence-electron chi connectivity index (χ2n) is 7.15. The van der Waals surface area contributed by atoms with Gasteiger partial charge in [-0.25, -0.2) is 24.1 Å². The van der Waals surface area contributed by atoms with Gasteiger partial charge in [0.05, 0.1) is 12.9 Å². The monoisotopic (exact) mass is 526 g/mol. The zero-order valence-electron chi connectivity index (χ0n) is 16.8. The molecule has 1 saturated heterocycles. The Hall–Kier alpha value is -2.21. The van der Waals surface area contributed by atoms with Crippen molar-refractivity contribution in [1.29, 1.82) is 0 Å². The van der Waals surface area contributed by atoms with Crippen molar-refractivity contribution >= 4 is 32.6 Å². The Balaban J connectivity index is 1.38. The average Bonchev–Trinajstić information content (AvgIpc) is 3.39. The Morgan fingerprint density at radius 3 is 2.56 bits per heavy atom. The molecule has 4 heterocycles. The van der Waals surface area contributed by atoms with Crippen molar-refractivity contribution in [1.82, 2.24) is 24.8 Å². The van der Waals surface area contributed by atoms with Gasteiger partial charge < -0.3 is 46.0 Å². The van der Waals surface area contributed by atoms with E-state index in [4.69, 9.17) is 10.5 Å². The summed E-state index contributed by atoms with van der Waals surface area (Å²) in [5.41, 5.74) is 6.11. The molecule has 0 aliphatic carbocycles. The van der Waals surface area contributed by atoms with Crippen LogP contribution in [0.3, 0.4) is 0 Å². The third-order valence-electron chi connectivity index (χ3n) is 4.84. The first kappa shape index (κ1) is 24.9. The number of anilines is 1. The summed E-state index contributed by atoms with van der Waals surface area (Å²) in [5.74, 6) is -0.536. The van der Waals surface area contributed by atoms with Gasteiger partial charge in [0.25, 0.3) is 0 Å². The van der Waals surface area contributed by atoms with Gasteiger partial charge in [-0.1, -0.05) is 0 Å². The molecule has 4 rings (SSSR count). The van der Waals surface area contributed by atoms with Crippen LogP contribution in [0.15, 0.2) is 24.6 Å². The molecule has 188 valence electrons. The van der Waals surface area contributed by atoms with Gasteiger partial charge in [-0.05, 0) is 0 Å². The van der Waals surface area contributed by atoms with Gasteiger partial charge in [-0.15, -0.1) is 0 Å². The smallest absolute Gasteiger partial charge is 0.483 e. The van der Waals surface area contributed by atoms with Gasteiger partial charge in [0, 0.05) is 6.20 Å². The van der Waals surface area contributed by atoms with Gasteiger partial charge in [-0.3, -0.25) is 13.6 Å². The maximum Gasteiger partial charge on any atom is 0.483 e. The molecule has 0 spiro atoms. The van der Waals surface area contributed by atoms with E-state index in [1.54, 1.807) is 0 Å². The minimum atomic E-state index is -5.30. The second kappa shape index (κ2) is 9.10. The van der Waals surface area contributed by atoms with Crippen LogP contribution < -0.4 is 11.1 Å². The summed E-state index contributed by atoms with van der Waals surface area (Å²) in [6.07, 6.45) is -5.91. The van der Waals surface area contributed by atoms with Crippen LogP contribution in [-0.2, 0) is 27.2 Å². The van der Waals surface area contributed by atoms with E-state index in [0.717, 1.165) is 12.5 Å². The van der Waals surface area contributed by atoms with E-state index in [1.165, 1.54) is 10.9 Å². The van der Waals surface area contributed by atoms with E-state index in [9.17, 15) is 39.3 Å². The molecule has 8 atom stereocenters. The summed E-state index contributed by atoms with van der Waals surface area (Å²) in [4.78, 5) is 31.3. The highest BCUT2D eigenvalue weighted by molar-refractivity contribution is 7.61. The Labute approximate surface area is 189 Å². The fraction of sp³-hybridized carbons (Fsp3) is 0.500. The third kappa shape index (κ3) is 4.93. The molecular weight excluding hydrogens is 506 g/mol. The topological polar surface area (TPSA) is 274 Å². The number of phosphoric acid groups is 2. The first-order chi connectivity index (χ1) is 15.9. The molecule has 20 heteroatoms. The summed E-state index contributed by atoms with van der Waals surface area (Å²) >= 11 is 0. The number of rotatable bonds is 8. The zero-order chi connectivity index (χ0) is 24.8. The highest BCUT2D eigenvalue weighted by Crippen LogP contribution is 2.61. The Kier molecular flexibility index (Phi) is 6.67. The van der Waals surface area contributed by atoms with Crippen LogP contribution in [0.2, 0.25) is 0 Å². The quantitative estimate of drug-likeness (QED) is 0.172. The number of hydrogen-bond acceptors (Lipinski definition) is 15. The van der Waals surface area contributed by atoms with Gasteiger partial charge >= 0.3 is 15.6 Å². The van der Waals surface area contributed by atoms with E-state index >= 15 is 0 Å². The van der Waals surface area contributed by atoms with Crippen LogP contribution in [-0.4, -0.2) is 87.0 Å². The Bertz CT molecular complexity index is 1190. The van der Waals surface area contributed by atoms with Gasteiger partial charge in [0.15, 0.2) is 30.0 Å². The molecule has 2 aromatic rings. The summed E-state index contributed by atoms with van der Waals surface area (Å²) in [5, 5.41) is 41.7. The van der Waals surface area contributed by atoms with Crippen LogP contribution in [0.25, 0.3) is 11.2 Å². The molecular formula is C14H20N6O12P2. The van der Waals surface area contributed by atoms with E-state index in [2.05, 4.69) is 33.6 Å².